The molecule has 0 unspecified atom stereocenters. The van der Waals surface area contributed by atoms with Crippen LogP contribution in [0.3, 0.4) is 0 Å². The topological polar surface area (TPSA) is 54.0 Å². The molecule has 2 aromatic carbocycles. The number of rotatable bonds is 6. The summed E-state index contributed by atoms with van der Waals surface area (Å²) in [6.07, 6.45) is -1.82. The summed E-state index contributed by atoms with van der Waals surface area (Å²) in [5.74, 6) is 0.646. The minimum atomic E-state index is -5.00. The van der Waals surface area contributed by atoms with Crippen molar-refractivity contribution in [1.82, 2.24) is 0 Å². The maximum atomic E-state index is 14.6. The average Bonchev–Trinajstić information content (AvgIpc) is 3.24. The van der Waals surface area contributed by atoms with Gasteiger partial charge in [0.1, 0.15) is 17.6 Å². The van der Waals surface area contributed by atoms with Gasteiger partial charge < -0.3 is 18.9 Å². The van der Waals surface area contributed by atoms with Gasteiger partial charge in [-0.3, -0.25) is 0 Å². The fourth-order valence-electron chi connectivity index (χ4n) is 9.05. The van der Waals surface area contributed by atoms with Gasteiger partial charge in [0.2, 0.25) is 0 Å². The first kappa shape index (κ1) is 29.7. The number of halogens is 3. The van der Waals surface area contributed by atoms with E-state index in [1.165, 1.54) is 35.4 Å². The molecule has 224 valence electrons. The number of fused-ring (bicyclic) bond motifs is 5. The van der Waals surface area contributed by atoms with Crippen LogP contribution in [-0.4, -0.2) is 39.6 Å². The lowest BCUT2D eigenvalue weighted by Crippen LogP contribution is -2.60. The lowest BCUT2D eigenvalue weighted by Gasteiger charge is -2.62. The van der Waals surface area contributed by atoms with Crippen molar-refractivity contribution in [3.05, 3.63) is 59.2 Å². The van der Waals surface area contributed by atoms with Crippen LogP contribution in [-0.2, 0) is 31.7 Å². The summed E-state index contributed by atoms with van der Waals surface area (Å²) in [7, 11) is 4.26. The van der Waals surface area contributed by atoms with Gasteiger partial charge >= 0.3 is 12.1 Å². The van der Waals surface area contributed by atoms with E-state index in [2.05, 4.69) is 19.9 Å². The minimum Gasteiger partial charge on any atom is -0.497 e. The molecule has 0 spiro atoms. The van der Waals surface area contributed by atoms with Crippen LogP contribution in [0.2, 0.25) is 0 Å². The molecule has 41 heavy (non-hydrogen) atoms. The van der Waals surface area contributed by atoms with Crippen molar-refractivity contribution in [3.63, 3.8) is 0 Å². The number of benzene rings is 2. The van der Waals surface area contributed by atoms with Gasteiger partial charge in [0.05, 0.1) is 14.2 Å². The molecule has 5 nitrogen and oxygen atoms in total. The summed E-state index contributed by atoms with van der Waals surface area (Å²) in [5.41, 5.74) is -1.78. The average molecular weight is 575 g/mol. The Balaban J connectivity index is 1.46. The van der Waals surface area contributed by atoms with Crippen LogP contribution >= 0.6 is 0 Å². The number of hydrogen-bond acceptors (Lipinski definition) is 5. The van der Waals surface area contributed by atoms with Crippen molar-refractivity contribution in [2.45, 2.75) is 83.1 Å². The molecule has 8 heteroatoms. The molecule has 0 amide bonds. The van der Waals surface area contributed by atoms with E-state index in [1.54, 1.807) is 20.3 Å². The highest BCUT2D eigenvalue weighted by molar-refractivity contribution is 5.83. The van der Waals surface area contributed by atoms with Crippen LogP contribution < -0.4 is 9.47 Å². The Morgan fingerprint density at radius 3 is 2.17 bits per heavy atom. The van der Waals surface area contributed by atoms with Crippen LogP contribution in [0.4, 0.5) is 13.2 Å². The Morgan fingerprint density at radius 2 is 1.59 bits per heavy atom. The van der Waals surface area contributed by atoms with Crippen molar-refractivity contribution in [2.75, 3.05) is 21.3 Å². The van der Waals surface area contributed by atoms with Gasteiger partial charge in [-0.15, -0.1) is 0 Å². The van der Waals surface area contributed by atoms with Gasteiger partial charge in [-0.2, -0.15) is 13.2 Å². The predicted octanol–water partition coefficient (Wildman–Crippen LogP) is 7.39. The highest BCUT2D eigenvalue weighted by Crippen LogP contribution is 2.69. The first-order chi connectivity index (χ1) is 19.2. The standard InChI is InChI=1S/C33H41F3O5/c1-29(2)24-13-15-31(4)25(18-20-17-22(38-5)19-23(39-6)27(20)31)30(24,3)16-14-26(29)41-28(37)32(40-7,33(34,35)36)21-11-9-8-10-12-21/h8-12,17,19,24-26H,13-16,18H2,1-7H3/t24-,25+,26-,30-,31+,32-/m0/s1. The molecule has 5 rings (SSSR count). The molecule has 0 N–H and O–H groups in total. The predicted molar refractivity (Wildman–Crippen MR) is 149 cm³/mol. The van der Waals surface area contributed by atoms with Crippen molar-refractivity contribution >= 4 is 5.97 Å². The molecule has 0 aromatic heterocycles. The summed E-state index contributed by atoms with van der Waals surface area (Å²) in [5, 5.41) is 0. The van der Waals surface area contributed by atoms with Crippen molar-refractivity contribution in [1.29, 1.82) is 0 Å². The molecule has 3 aliphatic rings. The molecule has 0 saturated heterocycles. The number of ether oxygens (including phenoxy) is 4. The second-order valence-corrected chi connectivity index (χ2v) is 13.1. The first-order valence-electron chi connectivity index (χ1n) is 14.3. The molecule has 6 atom stereocenters. The molecule has 0 aliphatic heterocycles. The fraction of sp³-hybridized carbons (Fsp3) is 0.606. The lowest BCUT2D eigenvalue weighted by atomic mass is 9.43. The summed E-state index contributed by atoms with van der Waals surface area (Å²) < 4.78 is 66.0. The van der Waals surface area contributed by atoms with E-state index in [4.69, 9.17) is 18.9 Å². The van der Waals surface area contributed by atoms with E-state index >= 15 is 0 Å². The smallest absolute Gasteiger partial charge is 0.432 e. The summed E-state index contributed by atoms with van der Waals surface area (Å²) in [4.78, 5) is 13.6. The highest BCUT2D eigenvalue weighted by Gasteiger charge is 2.67. The second-order valence-electron chi connectivity index (χ2n) is 13.1. The second kappa shape index (κ2) is 9.92. The Bertz CT molecular complexity index is 1310. The van der Waals surface area contributed by atoms with Crippen LogP contribution in [0.1, 0.15) is 70.1 Å². The molecule has 0 radical (unpaired) electrons. The monoisotopic (exact) mass is 574 g/mol. The van der Waals surface area contributed by atoms with E-state index in [-0.39, 0.29) is 22.3 Å². The number of esters is 1. The van der Waals surface area contributed by atoms with E-state index in [1.807, 2.05) is 19.9 Å². The minimum absolute atomic E-state index is 0.105. The molecular weight excluding hydrogens is 533 g/mol. The zero-order chi connectivity index (χ0) is 30.0. The highest BCUT2D eigenvalue weighted by atomic mass is 19.4. The third-order valence-electron chi connectivity index (χ3n) is 11.0. The number of carbonyl (C=O) groups is 1. The molecule has 2 saturated carbocycles. The number of hydrogen-bond donors (Lipinski definition) is 0. The molecule has 2 aromatic rings. The van der Waals surface area contributed by atoms with Crippen LogP contribution in [0.25, 0.3) is 0 Å². The normalized spacial score (nSPS) is 31.7. The van der Waals surface area contributed by atoms with Crippen LogP contribution in [0.15, 0.2) is 42.5 Å². The van der Waals surface area contributed by atoms with Gasteiger partial charge in [0.15, 0.2) is 0 Å². The Kier molecular flexibility index (Phi) is 7.20. The van der Waals surface area contributed by atoms with Gasteiger partial charge in [-0.05, 0) is 61.0 Å². The maximum absolute atomic E-state index is 14.6. The number of alkyl halides is 3. The first-order valence-corrected chi connectivity index (χ1v) is 14.3. The van der Waals surface area contributed by atoms with E-state index in [0.717, 1.165) is 44.3 Å². The summed E-state index contributed by atoms with van der Waals surface area (Å²) in [6, 6.07) is 11.1. The van der Waals surface area contributed by atoms with Crippen molar-refractivity contribution < 1.29 is 36.9 Å². The van der Waals surface area contributed by atoms with Gasteiger partial charge in [-0.1, -0.05) is 58.0 Å². The summed E-state index contributed by atoms with van der Waals surface area (Å²) in [6.45, 7) is 8.75. The quantitative estimate of drug-likeness (QED) is 0.337. The van der Waals surface area contributed by atoms with Crippen molar-refractivity contribution in [3.8, 4) is 11.5 Å². The van der Waals surface area contributed by atoms with Gasteiger partial charge in [-0.25, -0.2) is 4.79 Å². The van der Waals surface area contributed by atoms with E-state index in [9.17, 15) is 18.0 Å². The van der Waals surface area contributed by atoms with Crippen molar-refractivity contribution in [2.24, 2.45) is 22.7 Å². The Hall–Kier alpha value is -2.74. The molecule has 0 heterocycles. The maximum Gasteiger partial charge on any atom is 0.432 e. The number of carbonyl (C=O) groups excluding carboxylic acids is 1. The molecule has 2 fully saturated rings. The van der Waals surface area contributed by atoms with E-state index < -0.39 is 29.3 Å². The van der Waals surface area contributed by atoms with Gasteiger partial charge in [0.25, 0.3) is 5.60 Å². The third-order valence-corrected chi connectivity index (χ3v) is 11.0. The lowest BCUT2D eigenvalue weighted by molar-refractivity contribution is -0.282. The fourth-order valence-corrected chi connectivity index (χ4v) is 9.05. The van der Waals surface area contributed by atoms with E-state index in [0.29, 0.717) is 12.3 Å². The summed E-state index contributed by atoms with van der Waals surface area (Å²) >= 11 is 0. The third kappa shape index (κ3) is 4.18. The molecule has 3 aliphatic carbocycles. The molecular formula is C33H41F3O5. The zero-order valence-corrected chi connectivity index (χ0v) is 25.0. The van der Waals surface area contributed by atoms with Gasteiger partial charge in [0, 0.05) is 35.1 Å². The Labute approximate surface area is 240 Å². The van der Waals surface area contributed by atoms with Crippen LogP contribution in [0, 0.1) is 22.7 Å². The molecule has 0 bridgehead atoms. The Morgan fingerprint density at radius 1 is 0.902 bits per heavy atom. The largest absolute Gasteiger partial charge is 0.497 e. The zero-order valence-electron chi connectivity index (χ0n) is 25.0. The van der Waals surface area contributed by atoms with Crippen LogP contribution in [0.5, 0.6) is 11.5 Å². The number of methoxy groups -OCH3 is 3. The SMILES string of the molecule is COc1cc2c(c(OC)c1)[C@]1(C)CC[C@H]3C(C)(C)[C@@H](OC(=O)[C@@](OC)(c4ccccc4)C(F)(F)F)CC[C@]3(C)[C@H]1C2.